The van der Waals surface area contributed by atoms with E-state index in [2.05, 4.69) is 10.3 Å². The van der Waals surface area contributed by atoms with E-state index in [1.165, 1.54) is 11.8 Å². The average Bonchev–Trinajstić information content (AvgIpc) is 2.96. The van der Waals surface area contributed by atoms with Crippen LogP contribution in [0.15, 0.2) is 53.7 Å². The molecule has 3 heterocycles. The van der Waals surface area contributed by atoms with Gasteiger partial charge in [0.1, 0.15) is 16.7 Å². The monoisotopic (exact) mass is 410 g/mol. The first kappa shape index (κ1) is 19.9. The fourth-order valence-electron chi connectivity index (χ4n) is 4.59. The van der Waals surface area contributed by atoms with E-state index in [0.29, 0.717) is 17.0 Å². The van der Waals surface area contributed by atoms with Crippen molar-refractivity contribution >= 4 is 23.6 Å². The van der Waals surface area contributed by atoms with Gasteiger partial charge < -0.3 is 15.1 Å². The molecule has 152 valence electrons. The van der Waals surface area contributed by atoms with Crippen molar-refractivity contribution < 1.29 is 9.59 Å². The summed E-state index contributed by atoms with van der Waals surface area (Å²) in [7, 11) is 1.84. The van der Waals surface area contributed by atoms with Gasteiger partial charge >= 0.3 is 0 Å². The predicted octanol–water partition coefficient (Wildman–Crippen LogP) is 2.41. The van der Waals surface area contributed by atoms with E-state index < -0.39 is 11.7 Å². The van der Waals surface area contributed by atoms with Crippen LogP contribution in [-0.4, -0.2) is 64.7 Å². The highest BCUT2D eigenvalue weighted by atomic mass is 32.2. The molecular formula is C22H26N4O2S. The summed E-state index contributed by atoms with van der Waals surface area (Å²) in [6.45, 7) is 1.56. The van der Waals surface area contributed by atoms with Gasteiger partial charge in [-0.2, -0.15) is 0 Å². The molecular weight excluding hydrogens is 384 g/mol. The Kier molecular flexibility index (Phi) is 5.61. The van der Waals surface area contributed by atoms with Crippen LogP contribution in [0.3, 0.4) is 0 Å². The van der Waals surface area contributed by atoms with Crippen molar-refractivity contribution in [1.29, 1.82) is 0 Å². The number of hydrogen-bond acceptors (Lipinski definition) is 5. The number of carbonyl (C=O) groups is 2. The Balaban J connectivity index is 1.79. The average molecular weight is 411 g/mol. The first-order valence-electron chi connectivity index (χ1n) is 9.93. The van der Waals surface area contributed by atoms with Gasteiger partial charge in [-0.3, -0.25) is 9.59 Å². The summed E-state index contributed by atoms with van der Waals surface area (Å²) in [5.41, 5.74) is 1.03. The lowest BCUT2D eigenvalue weighted by molar-refractivity contribution is -0.131. The number of aromatic nitrogens is 1. The lowest BCUT2D eigenvalue weighted by Crippen LogP contribution is -2.60. The highest BCUT2D eigenvalue weighted by Crippen LogP contribution is 2.40. The van der Waals surface area contributed by atoms with Gasteiger partial charge in [-0.1, -0.05) is 30.3 Å². The van der Waals surface area contributed by atoms with Crippen LogP contribution in [0.1, 0.15) is 28.8 Å². The van der Waals surface area contributed by atoms with Gasteiger partial charge in [0, 0.05) is 32.5 Å². The first-order chi connectivity index (χ1) is 14.1. The third kappa shape index (κ3) is 3.42. The molecule has 2 fully saturated rings. The van der Waals surface area contributed by atoms with Crippen molar-refractivity contribution in [3.05, 3.63) is 59.8 Å². The summed E-state index contributed by atoms with van der Waals surface area (Å²) in [6.07, 6.45) is 5.58. The number of thioether (sulfide) groups is 1. The SMILES string of the molecule is CSc1ncccc1C(=O)N1C(Cc2ccccc2)C(=O)N(C)C12CCNCC2. The largest absolute Gasteiger partial charge is 0.321 e. The molecule has 0 radical (unpaired) electrons. The lowest BCUT2D eigenvalue weighted by Gasteiger charge is -2.46. The van der Waals surface area contributed by atoms with Gasteiger partial charge in [0.25, 0.3) is 5.91 Å². The minimum absolute atomic E-state index is 0.0127. The zero-order chi connectivity index (χ0) is 20.4. The van der Waals surface area contributed by atoms with Gasteiger partial charge in [0.2, 0.25) is 5.91 Å². The van der Waals surface area contributed by atoms with Crippen LogP contribution in [0.4, 0.5) is 0 Å². The van der Waals surface area contributed by atoms with Crippen molar-refractivity contribution in [2.45, 2.75) is 36.0 Å². The number of rotatable bonds is 4. The molecule has 7 heteroatoms. The Bertz CT molecular complexity index is 899. The maximum absolute atomic E-state index is 13.9. The number of nitrogens with zero attached hydrogens (tertiary/aromatic N) is 3. The molecule has 6 nitrogen and oxygen atoms in total. The van der Waals surface area contributed by atoms with Crippen LogP contribution >= 0.6 is 11.8 Å². The maximum Gasteiger partial charge on any atom is 0.259 e. The number of likely N-dealkylation sites (N-methyl/N-ethyl adjacent to an activating group) is 1. The minimum atomic E-state index is -0.593. The molecule has 29 heavy (non-hydrogen) atoms. The van der Waals surface area contributed by atoms with Crippen molar-refractivity contribution in [1.82, 2.24) is 20.1 Å². The Morgan fingerprint density at radius 1 is 1.21 bits per heavy atom. The van der Waals surface area contributed by atoms with Crippen LogP contribution in [0.25, 0.3) is 0 Å². The van der Waals surface area contributed by atoms with Crippen molar-refractivity contribution in [2.75, 3.05) is 26.4 Å². The van der Waals surface area contributed by atoms with Crippen molar-refractivity contribution in [3.63, 3.8) is 0 Å². The van der Waals surface area contributed by atoms with E-state index in [4.69, 9.17) is 0 Å². The van der Waals surface area contributed by atoms with Gasteiger partial charge in [-0.05, 0) is 37.0 Å². The van der Waals surface area contributed by atoms with E-state index >= 15 is 0 Å². The molecule has 1 aromatic heterocycles. The topological polar surface area (TPSA) is 65.5 Å². The molecule has 1 unspecified atom stereocenters. The second-order valence-electron chi connectivity index (χ2n) is 7.57. The number of nitrogens with one attached hydrogen (secondary N) is 1. The lowest BCUT2D eigenvalue weighted by atomic mass is 9.94. The Hall–Kier alpha value is -2.38. The summed E-state index contributed by atoms with van der Waals surface area (Å²) in [5, 5.41) is 4.06. The van der Waals surface area contributed by atoms with E-state index in [1.807, 2.05) is 59.5 Å². The number of hydrogen-bond donors (Lipinski definition) is 1. The normalized spacial score (nSPS) is 21.0. The molecule has 2 aromatic rings. The van der Waals surface area contributed by atoms with Gasteiger partial charge in [-0.25, -0.2) is 4.98 Å². The zero-order valence-corrected chi connectivity index (χ0v) is 17.6. The summed E-state index contributed by atoms with van der Waals surface area (Å²) < 4.78 is 0. The fraction of sp³-hybridized carbons (Fsp3) is 0.409. The summed E-state index contributed by atoms with van der Waals surface area (Å²) >= 11 is 1.45. The Labute approximate surface area is 175 Å². The van der Waals surface area contributed by atoms with E-state index in [9.17, 15) is 9.59 Å². The molecule has 0 aliphatic carbocycles. The van der Waals surface area contributed by atoms with Crippen LogP contribution in [0.5, 0.6) is 0 Å². The molecule has 2 aliphatic heterocycles. The molecule has 1 spiro atoms. The molecule has 4 rings (SSSR count). The van der Waals surface area contributed by atoms with E-state index in [0.717, 1.165) is 31.5 Å². The number of benzene rings is 1. The molecule has 1 atom stereocenters. The third-order valence-electron chi connectivity index (χ3n) is 6.09. The number of piperidine rings is 1. The van der Waals surface area contributed by atoms with Crippen LogP contribution < -0.4 is 5.32 Å². The molecule has 2 saturated heterocycles. The molecule has 2 aliphatic rings. The second kappa shape index (κ2) is 8.16. The summed E-state index contributed by atoms with van der Waals surface area (Å²) in [5.74, 6) is -0.0957. The first-order valence-corrected chi connectivity index (χ1v) is 11.2. The molecule has 1 N–H and O–H groups in total. The number of carbonyl (C=O) groups excluding carboxylic acids is 2. The highest BCUT2D eigenvalue weighted by molar-refractivity contribution is 7.98. The van der Waals surface area contributed by atoms with E-state index in [1.54, 1.807) is 12.3 Å². The zero-order valence-electron chi connectivity index (χ0n) is 16.8. The quantitative estimate of drug-likeness (QED) is 0.784. The highest BCUT2D eigenvalue weighted by Gasteiger charge is 2.57. The number of pyridine rings is 1. The smallest absolute Gasteiger partial charge is 0.259 e. The summed E-state index contributed by atoms with van der Waals surface area (Å²) in [4.78, 5) is 35.3. The van der Waals surface area contributed by atoms with Crippen molar-refractivity contribution in [2.24, 2.45) is 0 Å². The molecule has 0 saturated carbocycles. The standard InChI is InChI=1S/C22H26N4O2S/c1-25-21(28)18(15-16-7-4-3-5-8-16)26(22(25)10-13-23-14-11-22)20(27)17-9-6-12-24-19(17)29-2/h3-9,12,18,23H,10-11,13-15H2,1-2H3. The maximum atomic E-state index is 13.9. The Morgan fingerprint density at radius 2 is 1.93 bits per heavy atom. The molecule has 1 aromatic carbocycles. The van der Waals surface area contributed by atoms with Crippen LogP contribution in [0, 0.1) is 0 Å². The van der Waals surface area contributed by atoms with Gasteiger partial charge in [-0.15, -0.1) is 11.8 Å². The third-order valence-corrected chi connectivity index (χ3v) is 6.80. The fourth-order valence-corrected chi connectivity index (χ4v) is 5.13. The Morgan fingerprint density at radius 3 is 2.62 bits per heavy atom. The predicted molar refractivity (Wildman–Crippen MR) is 114 cm³/mol. The summed E-state index contributed by atoms with van der Waals surface area (Å²) in [6, 6.07) is 13.0. The molecule has 2 amide bonds. The van der Waals surface area contributed by atoms with Crippen LogP contribution in [0.2, 0.25) is 0 Å². The minimum Gasteiger partial charge on any atom is -0.321 e. The van der Waals surface area contributed by atoms with Crippen molar-refractivity contribution in [3.8, 4) is 0 Å². The van der Waals surface area contributed by atoms with Gasteiger partial charge in [0.15, 0.2) is 0 Å². The number of amides is 2. The van der Waals surface area contributed by atoms with Crippen LogP contribution in [-0.2, 0) is 11.2 Å². The molecule has 0 bridgehead atoms. The van der Waals surface area contributed by atoms with Gasteiger partial charge in [0.05, 0.1) is 5.56 Å². The van der Waals surface area contributed by atoms with E-state index in [-0.39, 0.29) is 11.8 Å². The second-order valence-corrected chi connectivity index (χ2v) is 8.37.